The smallest absolute Gasteiger partial charge is 0.257 e. The van der Waals surface area contributed by atoms with E-state index in [0.29, 0.717) is 34.5 Å². The van der Waals surface area contributed by atoms with Crippen LogP contribution in [0.2, 0.25) is 0 Å². The number of aryl methyl sites for hydroxylation is 2. The number of thioether (sulfide) groups is 1. The standard InChI is InChI=1S/C17H19N3O3S/c1-10-4-5-14(23-3)13(6-10)19-15(21)12-8-20-16(22)11(2)7-18-17(20)24-9-12/h4-7,12H,8-9H2,1-3H3,(H,19,21)/t12-/m1/s1. The number of nitrogens with one attached hydrogen (secondary N) is 1. The molecule has 24 heavy (non-hydrogen) atoms. The van der Waals surface area contributed by atoms with E-state index in [2.05, 4.69) is 10.3 Å². The normalized spacial score (nSPS) is 16.4. The molecule has 1 amide bonds. The molecule has 1 aromatic carbocycles. The van der Waals surface area contributed by atoms with Crippen LogP contribution in [-0.4, -0.2) is 28.3 Å². The minimum atomic E-state index is -0.297. The minimum absolute atomic E-state index is 0.0851. The zero-order valence-corrected chi connectivity index (χ0v) is 14.6. The van der Waals surface area contributed by atoms with Gasteiger partial charge < -0.3 is 10.1 Å². The zero-order valence-electron chi connectivity index (χ0n) is 13.8. The summed E-state index contributed by atoms with van der Waals surface area (Å²) in [4.78, 5) is 29.2. The van der Waals surface area contributed by atoms with Crippen LogP contribution in [0.1, 0.15) is 11.1 Å². The Labute approximate surface area is 144 Å². The molecule has 0 bridgehead atoms. The largest absolute Gasteiger partial charge is 0.495 e. The number of rotatable bonds is 3. The van der Waals surface area contributed by atoms with Crippen molar-refractivity contribution in [2.45, 2.75) is 25.5 Å². The van der Waals surface area contributed by atoms with E-state index in [0.717, 1.165) is 5.56 Å². The highest BCUT2D eigenvalue weighted by Gasteiger charge is 2.27. The van der Waals surface area contributed by atoms with Crippen LogP contribution in [0.4, 0.5) is 5.69 Å². The summed E-state index contributed by atoms with van der Waals surface area (Å²) in [5.41, 5.74) is 2.18. The third kappa shape index (κ3) is 3.17. The molecule has 2 heterocycles. The first-order valence-corrected chi connectivity index (χ1v) is 8.63. The van der Waals surface area contributed by atoms with Crippen molar-refractivity contribution in [2.75, 3.05) is 18.2 Å². The van der Waals surface area contributed by atoms with Gasteiger partial charge in [0, 0.05) is 24.1 Å². The van der Waals surface area contributed by atoms with Gasteiger partial charge in [-0.3, -0.25) is 14.2 Å². The topological polar surface area (TPSA) is 73.2 Å². The molecule has 1 N–H and O–H groups in total. The summed E-state index contributed by atoms with van der Waals surface area (Å²) >= 11 is 1.43. The van der Waals surface area contributed by atoms with E-state index in [1.807, 2.05) is 25.1 Å². The summed E-state index contributed by atoms with van der Waals surface area (Å²) in [7, 11) is 1.57. The first kappa shape index (κ1) is 16.6. The average molecular weight is 345 g/mol. The van der Waals surface area contributed by atoms with Crippen molar-refractivity contribution in [3.8, 4) is 5.75 Å². The van der Waals surface area contributed by atoms with E-state index in [1.54, 1.807) is 24.8 Å². The van der Waals surface area contributed by atoms with Gasteiger partial charge in [-0.15, -0.1) is 0 Å². The first-order chi connectivity index (χ1) is 11.5. The Balaban J connectivity index is 1.81. The van der Waals surface area contributed by atoms with Gasteiger partial charge in [-0.25, -0.2) is 4.98 Å². The number of nitrogens with zero attached hydrogens (tertiary/aromatic N) is 2. The Hall–Kier alpha value is -2.28. The molecule has 0 saturated carbocycles. The van der Waals surface area contributed by atoms with Gasteiger partial charge in [0.2, 0.25) is 5.91 Å². The van der Waals surface area contributed by atoms with Crippen LogP contribution in [0.3, 0.4) is 0 Å². The molecular weight excluding hydrogens is 326 g/mol. The third-order valence-electron chi connectivity index (χ3n) is 3.98. The molecule has 2 aromatic rings. The Morgan fingerprint density at radius 1 is 1.42 bits per heavy atom. The second kappa shape index (κ2) is 6.68. The fraction of sp³-hybridized carbons (Fsp3) is 0.353. The van der Waals surface area contributed by atoms with E-state index in [-0.39, 0.29) is 17.4 Å². The van der Waals surface area contributed by atoms with Crippen molar-refractivity contribution < 1.29 is 9.53 Å². The Morgan fingerprint density at radius 3 is 2.96 bits per heavy atom. The van der Waals surface area contributed by atoms with Gasteiger partial charge in [0.25, 0.3) is 5.56 Å². The second-order valence-corrected chi connectivity index (χ2v) is 6.83. The van der Waals surface area contributed by atoms with Gasteiger partial charge in [-0.1, -0.05) is 17.8 Å². The summed E-state index contributed by atoms with van der Waals surface area (Å²) in [5.74, 6) is 0.794. The number of amides is 1. The summed E-state index contributed by atoms with van der Waals surface area (Å²) < 4.78 is 6.88. The van der Waals surface area contributed by atoms with E-state index in [9.17, 15) is 9.59 Å². The minimum Gasteiger partial charge on any atom is -0.495 e. The number of carbonyl (C=O) groups excluding carboxylic acids is 1. The molecule has 0 aliphatic carbocycles. The van der Waals surface area contributed by atoms with Gasteiger partial charge in [-0.05, 0) is 31.5 Å². The number of ether oxygens (including phenoxy) is 1. The lowest BCUT2D eigenvalue weighted by atomic mass is 10.1. The molecule has 1 aliphatic rings. The average Bonchev–Trinajstić information content (AvgIpc) is 2.58. The van der Waals surface area contributed by atoms with Crippen molar-refractivity contribution in [1.29, 1.82) is 0 Å². The maximum absolute atomic E-state index is 12.6. The molecule has 0 spiro atoms. The molecule has 1 atom stereocenters. The van der Waals surface area contributed by atoms with Crippen molar-refractivity contribution in [3.05, 3.63) is 45.9 Å². The maximum Gasteiger partial charge on any atom is 0.257 e. The first-order valence-electron chi connectivity index (χ1n) is 7.64. The van der Waals surface area contributed by atoms with E-state index < -0.39 is 0 Å². The van der Waals surface area contributed by atoms with Gasteiger partial charge in [-0.2, -0.15) is 0 Å². The fourth-order valence-corrected chi connectivity index (χ4v) is 3.66. The second-order valence-electron chi connectivity index (χ2n) is 5.84. The van der Waals surface area contributed by atoms with E-state index in [4.69, 9.17) is 4.74 Å². The van der Waals surface area contributed by atoms with Crippen LogP contribution >= 0.6 is 11.8 Å². The van der Waals surface area contributed by atoms with Crippen molar-refractivity contribution in [1.82, 2.24) is 9.55 Å². The van der Waals surface area contributed by atoms with Crippen LogP contribution in [0.5, 0.6) is 5.75 Å². The molecule has 0 unspecified atom stereocenters. The van der Waals surface area contributed by atoms with Crippen LogP contribution in [0.15, 0.2) is 34.3 Å². The number of hydrogen-bond acceptors (Lipinski definition) is 5. The van der Waals surface area contributed by atoms with E-state index >= 15 is 0 Å². The summed E-state index contributed by atoms with van der Waals surface area (Å²) in [6, 6.07) is 5.63. The predicted molar refractivity (Wildman–Crippen MR) is 93.8 cm³/mol. The van der Waals surface area contributed by atoms with Gasteiger partial charge in [0.05, 0.1) is 18.7 Å². The van der Waals surface area contributed by atoms with Crippen LogP contribution in [0.25, 0.3) is 0 Å². The molecule has 0 radical (unpaired) electrons. The Morgan fingerprint density at radius 2 is 2.21 bits per heavy atom. The van der Waals surface area contributed by atoms with Gasteiger partial charge >= 0.3 is 0 Å². The summed E-state index contributed by atoms with van der Waals surface area (Å²) in [6.07, 6.45) is 1.58. The van der Waals surface area contributed by atoms with E-state index in [1.165, 1.54) is 11.8 Å². The zero-order chi connectivity index (χ0) is 17.3. The lowest BCUT2D eigenvalue weighted by Crippen LogP contribution is -2.37. The number of carbonyl (C=O) groups is 1. The number of aromatic nitrogens is 2. The highest BCUT2D eigenvalue weighted by Crippen LogP contribution is 2.29. The molecule has 3 rings (SSSR count). The molecule has 126 valence electrons. The van der Waals surface area contributed by atoms with Crippen LogP contribution < -0.4 is 15.6 Å². The summed E-state index contributed by atoms with van der Waals surface area (Å²) in [6.45, 7) is 4.03. The quantitative estimate of drug-likeness (QED) is 0.864. The predicted octanol–water partition coefficient (Wildman–Crippen LogP) is 2.23. The highest BCUT2D eigenvalue weighted by atomic mass is 32.2. The molecule has 7 heteroatoms. The van der Waals surface area contributed by atoms with Crippen molar-refractivity contribution >= 4 is 23.4 Å². The summed E-state index contributed by atoms with van der Waals surface area (Å²) in [5, 5.41) is 3.59. The SMILES string of the molecule is COc1ccc(C)cc1NC(=O)[C@H]1CSc2ncc(C)c(=O)n2C1. The molecule has 0 saturated heterocycles. The third-order valence-corrected chi connectivity index (χ3v) is 5.14. The lowest BCUT2D eigenvalue weighted by Gasteiger charge is -2.24. The monoisotopic (exact) mass is 345 g/mol. The number of fused-ring (bicyclic) bond motifs is 1. The number of benzene rings is 1. The lowest BCUT2D eigenvalue weighted by molar-refractivity contribution is -0.119. The molecule has 1 aromatic heterocycles. The van der Waals surface area contributed by atoms with Crippen molar-refractivity contribution in [2.24, 2.45) is 5.92 Å². The number of anilines is 1. The van der Waals surface area contributed by atoms with Gasteiger partial charge in [0.15, 0.2) is 5.16 Å². The van der Waals surface area contributed by atoms with Crippen LogP contribution in [-0.2, 0) is 11.3 Å². The van der Waals surface area contributed by atoms with Crippen molar-refractivity contribution in [3.63, 3.8) is 0 Å². The Kier molecular flexibility index (Phi) is 4.62. The molecule has 6 nitrogen and oxygen atoms in total. The molecular formula is C17H19N3O3S. The highest BCUT2D eigenvalue weighted by molar-refractivity contribution is 7.99. The fourth-order valence-electron chi connectivity index (χ4n) is 2.61. The number of methoxy groups -OCH3 is 1. The number of hydrogen-bond donors (Lipinski definition) is 1. The maximum atomic E-state index is 12.6. The molecule has 0 fully saturated rings. The van der Waals surface area contributed by atoms with Gasteiger partial charge in [0.1, 0.15) is 5.75 Å². The Bertz CT molecular complexity index is 847. The van der Waals surface area contributed by atoms with Crippen LogP contribution in [0, 0.1) is 19.8 Å². The molecule has 1 aliphatic heterocycles.